The van der Waals surface area contributed by atoms with Crippen molar-refractivity contribution in [2.45, 2.75) is 19.5 Å². The minimum atomic E-state index is -0.574. The number of primary amides is 1. The van der Waals surface area contributed by atoms with Crippen LogP contribution in [-0.4, -0.2) is 47.9 Å². The first-order valence-electron chi connectivity index (χ1n) is 9.39. The average molecular weight is 384 g/mol. The lowest BCUT2D eigenvalue weighted by atomic mass is 10.1. The van der Waals surface area contributed by atoms with E-state index in [0.29, 0.717) is 25.2 Å². The Morgan fingerprint density at radius 1 is 0.929 bits per heavy atom. The van der Waals surface area contributed by atoms with Gasteiger partial charge < -0.3 is 16.0 Å². The zero-order valence-electron chi connectivity index (χ0n) is 15.7. The van der Waals surface area contributed by atoms with Gasteiger partial charge in [0.1, 0.15) is 5.82 Å². The molecule has 2 aromatic rings. The lowest BCUT2D eigenvalue weighted by Crippen LogP contribution is -2.35. The smallest absolute Gasteiger partial charge is 0.312 e. The third kappa shape index (κ3) is 5.53. The average Bonchev–Trinajstić information content (AvgIpc) is 2.93. The molecule has 3 amide bonds. The van der Waals surface area contributed by atoms with Gasteiger partial charge in [-0.25, -0.2) is 9.18 Å². The summed E-state index contributed by atoms with van der Waals surface area (Å²) in [4.78, 5) is 27.7. The van der Waals surface area contributed by atoms with Crippen LogP contribution >= 0.6 is 0 Å². The van der Waals surface area contributed by atoms with Crippen LogP contribution in [0.4, 0.5) is 9.18 Å². The standard InChI is InChI=1S/C21H25FN4O2/c22-19-8-4-17(5-9-19)15-25-10-1-11-26(13-12-25)20(27)18-6-2-16(3-7-18)14-24-21(23)28/h2-9H,1,10-15H2,(H3,23,24,28). The lowest BCUT2D eigenvalue weighted by molar-refractivity contribution is 0.0761. The first kappa shape index (κ1) is 19.8. The number of carbonyl (C=O) groups is 2. The van der Waals surface area contributed by atoms with E-state index in [1.807, 2.05) is 17.0 Å². The number of nitrogens with one attached hydrogen (secondary N) is 1. The molecule has 2 aromatic carbocycles. The van der Waals surface area contributed by atoms with Crippen LogP contribution < -0.4 is 11.1 Å². The maximum Gasteiger partial charge on any atom is 0.312 e. The van der Waals surface area contributed by atoms with Gasteiger partial charge in [-0.15, -0.1) is 0 Å². The van der Waals surface area contributed by atoms with E-state index in [-0.39, 0.29) is 11.7 Å². The van der Waals surface area contributed by atoms with Gasteiger partial charge in [0.2, 0.25) is 0 Å². The van der Waals surface area contributed by atoms with Crippen molar-refractivity contribution in [3.63, 3.8) is 0 Å². The molecular formula is C21H25FN4O2. The summed E-state index contributed by atoms with van der Waals surface area (Å²) in [5.74, 6) is -0.217. The van der Waals surface area contributed by atoms with Gasteiger partial charge >= 0.3 is 6.03 Å². The molecule has 0 aliphatic carbocycles. The highest BCUT2D eigenvalue weighted by atomic mass is 19.1. The van der Waals surface area contributed by atoms with Crippen LogP contribution in [0.25, 0.3) is 0 Å². The van der Waals surface area contributed by atoms with Crippen molar-refractivity contribution in [1.29, 1.82) is 0 Å². The second-order valence-corrected chi connectivity index (χ2v) is 6.96. The number of benzene rings is 2. The van der Waals surface area contributed by atoms with E-state index >= 15 is 0 Å². The highest BCUT2D eigenvalue weighted by molar-refractivity contribution is 5.94. The Bertz CT molecular complexity index is 808. The lowest BCUT2D eigenvalue weighted by Gasteiger charge is -2.22. The molecule has 0 atom stereocenters. The molecule has 148 valence electrons. The predicted molar refractivity (Wildman–Crippen MR) is 105 cm³/mol. The van der Waals surface area contributed by atoms with Crippen molar-refractivity contribution in [3.05, 3.63) is 71.0 Å². The van der Waals surface area contributed by atoms with Crippen LogP contribution in [0.1, 0.15) is 27.9 Å². The number of urea groups is 1. The number of halogens is 1. The van der Waals surface area contributed by atoms with Crippen LogP contribution in [-0.2, 0) is 13.1 Å². The Kier molecular flexibility index (Phi) is 6.60. The van der Waals surface area contributed by atoms with Gasteiger partial charge in [-0.05, 0) is 41.8 Å². The molecule has 1 aliphatic heterocycles. The molecule has 0 aromatic heterocycles. The summed E-state index contributed by atoms with van der Waals surface area (Å²) < 4.78 is 13.1. The minimum absolute atomic E-state index is 0.0121. The summed E-state index contributed by atoms with van der Waals surface area (Å²) in [6.07, 6.45) is 0.896. The Hall–Kier alpha value is -2.93. The Labute approximate surface area is 164 Å². The van der Waals surface area contributed by atoms with Crippen LogP contribution in [0.2, 0.25) is 0 Å². The van der Waals surface area contributed by atoms with Gasteiger partial charge in [-0.3, -0.25) is 9.69 Å². The molecule has 0 saturated carbocycles. The summed E-state index contributed by atoms with van der Waals surface area (Å²) in [5, 5.41) is 2.53. The number of hydrogen-bond acceptors (Lipinski definition) is 3. The normalized spacial score (nSPS) is 15.1. The monoisotopic (exact) mass is 384 g/mol. The van der Waals surface area contributed by atoms with E-state index < -0.39 is 6.03 Å². The van der Waals surface area contributed by atoms with Crippen LogP contribution in [0.3, 0.4) is 0 Å². The third-order valence-corrected chi connectivity index (χ3v) is 4.86. The van der Waals surface area contributed by atoms with Gasteiger partial charge in [0, 0.05) is 44.8 Å². The maximum absolute atomic E-state index is 13.1. The number of hydrogen-bond donors (Lipinski definition) is 2. The number of carbonyl (C=O) groups excluding carboxylic acids is 2. The molecule has 1 saturated heterocycles. The molecule has 28 heavy (non-hydrogen) atoms. The van der Waals surface area contributed by atoms with E-state index in [4.69, 9.17) is 5.73 Å². The van der Waals surface area contributed by atoms with Crippen molar-refractivity contribution in [2.24, 2.45) is 5.73 Å². The number of nitrogens with zero attached hydrogens (tertiary/aromatic N) is 2. The number of nitrogens with two attached hydrogens (primary N) is 1. The summed E-state index contributed by atoms with van der Waals surface area (Å²) in [7, 11) is 0. The fourth-order valence-corrected chi connectivity index (χ4v) is 3.32. The van der Waals surface area contributed by atoms with Crippen molar-refractivity contribution >= 4 is 11.9 Å². The van der Waals surface area contributed by atoms with Crippen LogP contribution in [0, 0.1) is 5.82 Å². The van der Waals surface area contributed by atoms with E-state index in [1.54, 1.807) is 24.3 Å². The van der Waals surface area contributed by atoms with Gasteiger partial charge in [-0.2, -0.15) is 0 Å². The zero-order valence-corrected chi connectivity index (χ0v) is 15.7. The zero-order chi connectivity index (χ0) is 19.9. The highest BCUT2D eigenvalue weighted by Gasteiger charge is 2.20. The third-order valence-electron chi connectivity index (χ3n) is 4.86. The van der Waals surface area contributed by atoms with Crippen molar-refractivity contribution in [2.75, 3.05) is 26.2 Å². The summed E-state index contributed by atoms with van der Waals surface area (Å²) in [6, 6.07) is 13.2. The molecule has 7 heteroatoms. The van der Waals surface area contributed by atoms with Gasteiger partial charge in [0.25, 0.3) is 5.91 Å². The quantitative estimate of drug-likeness (QED) is 0.831. The van der Waals surface area contributed by atoms with Gasteiger partial charge in [0.05, 0.1) is 0 Å². The van der Waals surface area contributed by atoms with E-state index in [1.165, 1.54) is 12.1 Å². The molecule has 0 radical (unpaired) electrons. The van der Waals surface area contributed by atoms with Crippen molar-refractivity contribution in [3.8, 4) is 0 Å². The molecule has 1 heterocycles. The van der Waals surface area contributed by atoms with E-state index in [9.17, 15) is 14.0 Å². The van der Waals surface area contributed by atoms with Crippen molar-refractivity contribution < 1.29 is 14.0 Å². The molecule has 1 aliphatic rings. The molecule has 3 rings (SSSR count). The van der Waals surface area contributed by atoms with Gasteiger partial charge in [-0.1, -0.05) is 24.3 Å². The van der Waals surface area contributed by atoms with Crippen molar-refractivity contribution in [1.82, 2.24) is 15.1 Å². The minimum Gasteiger partial charge on any atom is -0.352 e. The molecule has 1 fully saturated rings. The van der Waals surface area contributed by atoms with Crippen LogP contribution in [0.5, 0.6) is 0 Å². The van der Waals surface area contributed by atoms with Crippen LogP contribution in [0.15, 0.2) is 48.5 Å². The van der Waals surface area contributed by atoms with E-state index in [0.717, 1.165) is 37.2 Å². The first-order chi connectivity index (χ1) is 13.5. The largest absolute Gasteiger partial charge is 0.352 e. The number of amides is 3. The fraction of sp³-hybridized carbons (Fsp3) is 0.333. The second kappa shape index (κ2) is 9.32. The fourth-order valence-electron chi connectivity index (χ4n) is 3.32. The molecular weight excluding hydrogens is 359 g/mol. The summed E-state index contributed by atoms with van der Waals surface area (Å²) >= 11 is 0. The molecule has 0 bridgehead atoms. The molecule has 6 nitrogen and oxygen atoms in total. The molecule has 3 N–H and O–H groups in total. The number of rotatable bonds is 5. The maximum atomic E-state index is 13.1. The Morgan fingerprint density at radius 2 is 1.61 bits per heavy atom. The Balaban J connectivity index is 1.54. The predicted octanol–water partition coefficient (Wildman–Crippen LogP) is 2.34. The first-order valence-corrected chi connectivity index (χ1v) is 9.39. The SMILES string of the molecule is NC(=O)NCc1ccc(C(=O)N2CCCN(Cc3ccc(F)cc3)CC2)cc1. The van der Waals surface area contributed by atoms with E-state index in [2.05, 4.69) is 10.2 Å². The van der Waals surface area contributed by atoms with Gasteiger partial charge in [0.15, 0.2) is 0 Å². The Morgan fingerprint density at radius 3 is 2.29 bits per heavy atom. The topological polar surface area (TPSA) is 78.7 Å². The second-order valence-electron chi connectivity index (χ2n) is 6.96. The summed E-state index contributed by atoms with van der Waals surface area (Å²) in [5.41, 5.74) is 7.66. The summed E-state index contributed by atoms with van der Waals surface area (Å²) in [6.45, 7) is 4.15. The highest BCUT2D eigenvalue weighted by Crippen LogP contribution is 2.13. The molecule has 0 spiro atoms. The molecule has 0 unspecified atom stereocenters.